The van der Waals surface area contributed by atoms with E-state index in [2.05, 4.69) is 30.1 Å². The van der Waals surface area contributed by atoms with Gasteiger partial charge in [0.05, 0.1) is 4.34 Å². The minimum Gasteiger partial charge on any atom is -0.314 e. The molecule has 1 saturated heterocycles. The Kier molecular flexibility index (Phi) is 4.86. The molecule has 0 radical (unpaired) electrons. The van der Waals surface area contributed by atoms with Crippen molar-refractivity contribution in [1.29, 1.82) is 0 Å². The van der Waals surface area contributed by atoms with Gasteiger partial charge in [0.2, 0.25) is 0 Å². The normalized spacial score (nSPS) is 19.8. The van der Waals surface area contributed by atoms with Gasteiger partial charge in [-0.1, -0.05) is 25.4 Å². The summed E-state index contributed by atoms with van der Waals surface area (Å²) in [6.07, 6.45) is 1.22. The Labute approximate surface area is 113 Å². The van der Waals surface area contributed by atoms with Gasteiger partial charge in [0.25, 0.3) is 0 Å². The molecule has 1 aliphatic heterocycles. The maximum absolute atomic E-state index is 6.07. The number of thiophene rings is 1. The monoisotopic (exact) mass is 272 g/mol. The standard InChI is InChI=1S/C13H21ClN2S/c1-10(2)9-11(12-3-4-13(14)17-12)16-7-5-15-6-8-16/h3-4,10-11,15H,5-9H2,1-2H3/t11-/m0/s1. The lowest BCUT2D eigenvalue weighted by Crippen LogP contribution is -2.45. The number of nitrogens with one attached hydrogen (secondary N) is 1. The van der Waals surface area contributed by atoms with Gasteiger partial charge in [-0.2, -0.15) is 0 Å². The molecule has 1 aliphatic rings. The van der Waals surface area contributed by atoms with Crippen LogP contribution in [0.1, 0.15) is 31.2 Å². The molecule has 0 bridgehead atoms. The van der Waals surface area contributed by atoms with Crippen LogP contribution in [0.5, 0.6) is 0 Å². The molecule has 2 nitrogen and oxygen atoms in total. The third-order valence-electron chi connectivity index (χ3n) is 3.21. The molecule has 0 spiro atoms. The topological polar surface area (TPSA) is 15.3 Å². The van der Waals surface area contributed by atoms with E-state index >= 15 is 0 Å². The lowest BCUT2D eigenvalue weighted by atomic mass is 10.0. The number of nitrogens with zero attached hydrogens (tertiary/aromatic N) is 1. The fourth-order valence-corrected chi connectivity index (χ4v) is 3.60. The molecule has 0 saturated carbocycles. The van der Waals surface area contributed by atoms with Crippen molar-refractivity contribution < 1.29 is 0 Å². The highest BCUT2D eigenvalue weighted by Crippen LogP contribution is 2.34. The zero-order valence-electron chi connectivity index (χ0n) is 10.6. The van der Waals surface area contributed by atoms with Gasteiger partial charge in [0.1, 0.15) is 0 Å². The van der Waals surface area contributed by atoms with Gasteiger partial charge in [0.15, 0.2) is 0 Å². The maximum atomic E-state index is 6.07. The number of halogens is 1. The fourth-order valence-electron chi connectivity index (χ4n) is 2.39. The van der Waals surface area contributed by atoms with Crippen molar-refractivity contribution in [1.82, 2.24) is 10.2 Å². The fraction of sp³-hybridized carbons (Fsp3) is 0.692. The van der Waals surface area contributed by atoms with Crippen LogP contribution in [0.4, 0.5) is 0 Å². The average Bonchev–Trinajstić information content (AvgIpc) is 2.73. The van der Waals surface area contributed by atoms with E-state index in [9.17, 15) is 0 Å². The van der Waals surface area contributed by atoms with Crippen LogP contribution in [-0.2, 0) is 0 Å². The molecule has 2 heterocycles. The predicted molar refractivity (Wildman–Crippen MR) is 76.0 cm³/mol. The third-order valence-corrected chi connectivity index (χ3v) is 4.54. The zero-order chi connectivity index (χ0) is 12.3. The molecule has 96 valence electrons. The highest BCUT2D eigenvalue weighted by molar-refractivity contribution is 7.16. The molecule has 0 aliphatic carbocycles. The summed E-state index contributed by atoms with van der Waals surface area (Å²) < 4.78 is 0.906. The molecule has 1 aromatic heterocycles. The summed E-state index contributed by atoms with van der Waals surface area (Å²) >= 11 is 7.80. The van der Waals surface area contributed by atoms with Gasteiger partial charge in [0, 0.05) is 37.1 Å². The number of piperazine rings is 1. The second kappa shape index (κ2) is 6.19. The van der Waals surface area contributed by atoms with Crippen molar-refractivity contribution in [3.63, 3.8) is 0 Å². The van der Waals surface area contributed by atoms with E-state index in [1.165, 1.54) is 11.3 Å². The molecule has 0 amide bonds. The van der Waals surface area contributed by atoms with Gasteiger partial charge in [-0.05, 0) is 24.5 Å². The minimum atomic E-state index is 0.551. The Bertz CT molecular complexity index is 345. The molecule has 1 atom stereocenters. The lowest BCUT2D eigenvalue weighted by Gasteiger charge is -2.35. The summed E-state index contributed by atoms with van der Waals surface area (Å²) in [5.74, 6) is 0.718. The van der Waals surface area contributed by atoms with Gasteiger partial charge in [-0.15, -0.1) is 11.3 Å². The SMILES string of the molecule is CC(C)C[C@@H](c1ccc(Cl)s1)N1CCNCC1. The van der Waals surface area contributed by atoms with Crippen LogP contribution in [0.2, 0.25) is 4.34 Å². The molecule has 4 heteroatoms. The molecule has 2 rings (SSSR count). The Morgan fingerprint density at radius 3 is 2.59 bits per heavy atom. The van der Waals surface area contributed by atoms with Gasteiger partial charge < -0.3 is 5.32 Å². The predicted octanol–water partition coefficient (Wildman–Crippen LogP) is 3.39. The Hall–Kier alpha value is -0.0900. The van der Waals surface area contributed by atoms with E-state index in [0.29, 0.717) is 6.04 Å². The first-order chi connectivity index (χ1) is 8.16. The lowest BCUT2D eigenvalue weighted by molar-refractivity contribution is 0.156. The van der Waals surface area contributed by atoms with Crippen LogP contribution in [0.3, 0.4) is 0 Å². The molecular weight excluding hydrogens is 252 g/mol. The van der Waals surface area contributed by atoms with Crippen molar-refractivity contribution in [3.8, 4) is 0 Å². The quantitative estimate of drug-likeness (QED) is 0.904. The van der Waals surface area contributed by atoms with Crippen molar-refractivity contribution in [2.45, 2.75) is 26.3 Å². The first kappa shape index (κ1) is 13.3. The van der Waals surface area contributed by atoms with Crippen molar-refractivity contribution >= 4 is 22.9 Å². The second-order valence-corrected chi connectivity index (χ2v) is 6.82. The van der Waals surface area contributed by atoms with Crippen molar-refractivity contribution in [3.05, 3.63) is 21.3 Å². The third kappa shape index (κ3) is 3.68. The molecule has 1 aromatic rings. The summed E-state index contributed by atoms with van der Waals surface area (Å²) in [4.78, 5) is 4.02. The molecule has 0 unspecified atom stereocenters. The molecular formula is C13H21ClN2S. The summed E-state index contributed by atoms with van der Waals surface area (Å²) in [5, 5.41) is 3.42. The van der Waals surface area contributed by atoms with Crippen LogP contribution in [0.25, 0.3) is 0 Å². The summed E-state index contributed by atoms with van der Waals surface area (Å²) in [6, 6.07) is 4.77. The average molecular weight is 273 g/mol. The number of rotatable bonds is 4. The molecule has 17 heavy (non-hydrogen) atoms. The minimum absolute atomic E-state index is 0.551. The van der Waals surface area contributed by atoms with Gasteiger partial charge in [-0.3, -0.25) is 4.90 Å². The van der Waals surface area contributed by atoms with Gasteiger partial charge in [-0.25, -0.2) is 0 Å². The number of hydrogen-bond acceptors (Lipinski definition) is 3. The smallest absolute Gasteiger partial charge is 0.0931 e. The summed E-state index contributed by atoms with van der Waals surface area (Å²) in [6.45, 7) is 9.09. The highest BCUT2D eigenvalue weighted by atomic mass is 35.5. The first-order valence-corrected chi connectivity index (χ1v) is 7.56. The molecule has 0 aromatic carbocycles. The second-order valence-electron chi connectivity index (χ2n) is 5.07. The summed E-state index contributed by atoms with van der Waals surface area (Å²) in [5.41, 5.74) is 0. The van der Waals surface area contributed by atoms with E-state index < -0.39 is 0 Å². The van der Waals surface area contributed by atoms with E-state index in [1.54, 1.807) is 11.3 Å². The highest BCUT2D eigenvalue weighted by Gasteiger charge is 2.24. The number of hydrogen-bond donors (Lipinski definition) is 1. The zero-order valence-corrected chi connectivity index (χ0v) is 12.2. The van der Waals surface area contributed by atoms with Gasteiger partial charge >= 0.3 is 0 Å². The van der Waals surface area contributed by atoms with Crippen LogP contribution in [-0.4, -0.2) is 31.1 Å². The molecule has 1 N–H and O–H groups in total. The van der Waals surface area contributed by atoms with Crippen molar-refractivity contribution in [2.75, 3.05) is 26.2 Å². The Morgan fingerprint density at radius 2 is 2.06 bits per heavy atom. The maximum Gasteiger partial charge on any atom is 0.0931 e. The summed E-state index contributed by atoms with van der Waals surface area (Å²) in [7, 11) is 0. The van der Waals surface area contributed by atoms with Crippen LogP contribution >= 0.6 is 22.9 Å². The Balaban J connectivity index is 2.11. The van der Waals surface area contributed by atoms with E-state index in [0.717, 1.165) is 36.4 Å². The molecule has 1 fully saturated rings. The van der Waals surface area contributed by atoms with Crippen LogP contribution < -0.4 is 5.32 Å². The van der Waals surface area contributed by atoms with E-state index in [1.807, 2.05) is 6.07 Å². The largest absolute Gasteiger partial charge is 0.314 e. The van der Waals surface area contributed by atoms with Crippen LogP contribution in [0, 0.1) is 5.92 Å². The van der Waals surface area contributed by atoms with E-state index in [-0.39, 0.29) is 0 Å². The first-order valence-electron chi connectivity index (χ1n) is 6.37. The van der Waals surface area contributed by atoms with Crippen LogP contribution in [0.15, 0.2) is 12.1 Å². The van der Waals surface area contributed by atoms with Crippen molar-refractivity contribution in [2.24, 2.45) is 5.92 Å². The van der Waals surface area contributed by atoms with E-state index in [4.69, 9.17) is 11.6 Å². The Morgan fingerprint density at radius 1 is 1.35 bits per heavy atom.